The minimum atomic E-state index is -2.26. The van der Waals surface area contributed by atoms with E-state index in [2.05, 4.69) is 0 Å². The molecule has 1 aliphatic rings. The van der Waals surface area contributed by atoms with Crippen molar-refractivity contribution in [1.29, 1.82) is 0 Å². The number of hydrogen-bond acceptors (Lipinski definition) is 7. The van der Waals surface area contributed by atoms with Crippen molar-refractivity contribution < 1.29 is 32.2 Å². The lowest BCUT2D eigenvalue weighted by Crippen LogP contribution is -2.25. The number of carbonyl (C=O) groups excluding carboxylic acids is 1. The lowest BCUT2D eigenvalue weighted by molar-refractivity contribution is 0.0297. The Labute approximate surface area is 183 Å². The van der Waals surface area contributed by atoms with Crippen molar-refractivity contribution in [3.63, 3.8) is 0 Å². The zero-order chi connectivity index (χ0) is 22.4. The molecule has 0 radical (unpaired) electrons. The molecular formula is C22H25FNO6S-. The zero-order valence-corrected chi connectivity index (χ0v) is 18.2. The van der Waals surface area contributed by atoms with Crippen molar-refractivity contribution in [1.82, 2.24) is 0 Å². The molecule has 31 heavy (non-hydrogen) atoms. The number of ether oxygens (including phenoxy) is 3. The van der Waals surface area contributed by atoms with Crippen LogP contribution in [0.1, 0.15) is 31.4 Å². The highest BCUT2D eigenvalue weighted by atomic mass is 32.2. The Morgan fingerprint density at radius 3 is 2.77 bits per heavy atom. The van der Waals surface area contributed by atoms with Gasteiger partial charge >= 0.3 is 6.16 Å². The van der Waals surface area contributed by atoms with E-state index >= 15 is 0 Å². The summed E-state index contributed by atoms with van der Waals surface area (Å²) in [6, 6.07) is 11.7. The molecular weight excluding hydrogens is 425 g/mol. The van der Waals surface area contributed by atoms with Crippen LogP contribution >= 0.6 is 0 Å². The van der Waals surface area contributed by atoms with E-state index in [0.29, 0.717) is 36.5 Å². The fourth-order valence-corrected chi connectivity index (χ4v) is 3.80. The molecule has 0 aromatic heterocycles. The first-order valence-corrected chi connectivity index (χ1v) is 11.2. The molecule has 2 aromatic carbocycles. The molecule has 9 heteroatoms. The fraction of sp³-hybridized carbons (Fsp3) is 0.409. The molecule has 1 saturated heterocycles. The number of halogens is 1. The number of hydrogen-bond donors (Lipinski definition) is 0. The second-order valence-corrected chi connectivity index (χ2v) is 8.46. The first-order valence-electron chi connectivity index (χ1n) is 9.98. The summed E-state index contributed by atoms with van der Waals surface area (Å²) >= 11 is -2.26. The van der Waals surface area contributed by atoms with Gasteiger partial charge in [0.1, 0.15) is 24.3 Å². The van der Waals surface area contributed by atoms with Crippen LogP contribution in [0.3, 0.4) is 0 Å². The fourth-order valence-electron chi connectivity index (χ4n) is 3.35. The molecule has 168 valence electrons. The van der Waals surface area contributed by atoms with Gasteiger partial charge < -0.3 is 23.7 Å². The van der Waals surface area contributed by atoms with Crippen LogP contribution in [-0.4, -0.2) is 40.2 Å². The Morgan fingerprint density at radius 2 is 2.06 bits per heavy atom. The highest BCUT2D eigenvalue weighted by Crippen LogP contribution is 2.27. The molecule has 3 rings (SSSR count). The summed E-state index contributed by atoms with van der Waals surface area (Å²) in [5, 5.41) is 0. The van der Waals surface area contributed by atoms with Crippen LogP contribution < -0.4 is 9.64 Å². The van der Waals surface area contributed by atoms with E-state index in [1.165, 1.54) is 6.07 Å². The van der Waals surface area contributed by atoms with Crippen LogP contribution in [0.4, 0.5) is 14.9 Å². The number of benzene rings is 2. The van der Waals surface area contributed by atoms with Crippen LogP contribution in [0.15, 0.2) is 42.5 Å². The van der Waals surface area contributed by atoms with Crippen LogP contribution in [0.2, 0.25) is 0 Å². The molecule has 1 heterocycles. The predicted molar refractivity (Wildman–Crippen MR) is 113 cm³/mol. The Hall–Kier alpha value is -2.65. The van der Waals surface area contributed by atoms with Gasteiger partial charge in [0, 0.05) is 18.7 Å². The quantitative estimate of drug-likeness (QED) is 0.445. The molecule has 7 nitrogen and oxygen atoms in total. The Kier molecular flexibility index (Phi) is 7.86. The third-order valence-electron chi connectivity index (χ3n) is 4.67. The van der Waals surface area contributed by atoms with Gasteiger partial charge in [-0.15, -0.1) is 0 Å². The van der Waals surface area contributed by atoms with E-state index in [1.807, 2.05) is 23.1 Å². The molecule has 1 unspecified atom stereocenters. The van der Waals surface area contributed by atoms with Crippen LogP contribution in [0, 0.1) is 5.82 Å². The molecule has 1 aliphatic heterocycles. The summed E-state index contributed by atoms with van der Waals surface area (Å²) in [5.41, 5.74) is 1.61. The highest BCUT2D eigenvalue weighted by molar-refractivity contribution is 7.78. The maximum Gasteiger partial charge on any atom is 0.508 e. The molecule has 0 amide bonds. The molecule has 0 N–H and O–H groups in total. The van der Waals surface area contributed by atoms with Crippen molar-refractivity contribution >= 4 is 22.9 Å². The van der Waals surface area contributed by atoms with E-state index in [-0.39, 0.29) is 24.6 Å². The van der Waals surface area contributed by atoms with Gasteiger partial charge in [-0.3, -0.25) is 4.21 Å². The van der Waals surface area contributed by atoms with Gasteiger partial charge in [-0.25, -0.2) is 9.18 Å². The van der Waals surface area contributed by atoms with Crippen molar-refractivity contribution in [2.75, 3.05) is 18.0 Å². The summed E-state index contributed by atoms with van der Waals surface area (Å²) < 4.78 is 52.1. The molecule has 2 aromatic rings. The minimum Gasteiger partial charge on any atom is -0.772 e. The second-order valence-electron chi connectivity index (χ2n) is 7.56. The molecule has 2 atom stereocenters. The van der Waals surface area contributed by atoms with Crippen LogP contribution in [-0.2, 0) is 32.9 Å². The van der Waals surface area contributed by atoms with Crippen LogP contribution in [0.25, 0.3) is 0 Å². The minimum absolute atomic E-state index is 0.0747. The van der Waals surface area contributed by atoms with Gasteiger partial charge in [-0.2, -0.15) is 0 Å². The largest absolute Gasteiger partial charge is 0.772 e. The van der Waals surface area contributed by atoms with Gasteiger partial charge in [0.2, 0.25) is 0 Å². The van der Waals surface area contributed by atoms with Crippen molar-refractivity contribution in [3.8, 4) is 5.75 Å². The number of anilines is 1. The van der Waals surface area contributed by atoms with Gasteiger partial charge in [0.05, 0.1) is 18.3 Å². The normalized spacial score (nSPS) is 16.9. The summed E-state index contributed by atoms with van der Waals surface area (Å²) in [4.78, 5) is 13.4. The Bertz CT molecular complexity index is 938. The number of nitrogens with zero attached hydrogens (tertiary/aromatic N) is 1. The van der Waals surface area contributed by atoms with Crippen molar-refractivity contribution in [2.24, 2.45) is 0 Å². The van der Waals surface area contributed by atoms with Gasteiger partial charge in [0.25, 0.3) is 0 Å². The van der Waals surface area contributed by atoms with E-state index in [9.17, 15) is 17.9 Å². The van der Waals surface area contributed by atoms with Crippen LogP contribution in [0.5, 0.6) is 5.75 Å². The van der Waals surface area contributed by atoms with E-state index < -0.39 is 23.1 Å². The summed E-state index contributed by atoms with van der Waals surface area (Å²) in [5.74, 6) is -0.0204. The summed E-state index contributed by atoms with van der Waals surface area (Å²) in [6.07, 6.45) is -0.380. The topological polar surface area (TPSA) is 88.1 Å². The number of carbonyl (C=O) groups is 1. The third-order valence-corrected chi connectivity index (χ3v) is 5.24. The molecule has 1 fully saturated rings. The smallest absolute Gasteiger partial charge is 0.508 e. The van der Waals surface area contributed by atoms with E-state index in [4.69, 9.17) is 14.2 Å². The zero-order valence-electron chi connectivity index (χ0n) is 17.4. The van der Waals surface area contributed by atoms with Gasteiger partial charge in [0.15, 0.2) is 0 Å². The van der Waals surface area contributed by atoms with Crippen molar-refractivity contribution in [3.05, 3.63) is 59.4 Å². The molecule has 0 saturated carbocycles. The molecule has 0 aliphatic carbocycles. The van der Waals surface area contributed by atoms with Gasteiger partial charge in [-0.1, -0.05) is 29.3 Å². The highest BCUT2D eigenvalue weighted by Gasteiger charge is 2.26. The third kappa shape index (κ3) is 6.93. The van der Waals surface area contributed by atoms with Crippen molar-refractivity contribution in [2.45, 2.75) is 44.8 Å². The first-order chi connectivity index (χ1) is 14.8. The van der Waals surface area contributed by atoms with E-state index in [0.717, 1.165) is 5.56 Å². The molecule has 0 spiro atoms. The molecule has 0 bridgehead atoms. The van der Waals surface area contributed by atoms with Gasteiger partial charge in [-0.05, 0) is 49.2 Å². The average Bonchev–Trinajstić information content (AvgIpc) is 3.14. The SMILES string of the molecule is CC(C)OC(=O)OCc1cccc(O[C@H]2CCN(c3ccc(CS(=O)[O-])cc3F)C2)c1. The summed E-state index contributed by atoms with van der Waals surface area (Å²) in [7, 11) is 0. The number of rotatable bonds is 8. The second kappa shape index (κ2) is 10.6. The predicted octanol–water partition coefficient (Wildman–Crippen LogP) is 3.92. The monoisotopic (exact) mass is 450 g/mol. The maximum absolute atomic E-state index is 14.5. The lowest BCUT2D eigenvalue weighted by atomic mass is 10.2. The lowest BCUT2D eigenvalue weighted by Gasteiger charge is -2.20. The maximum atomic E-state index is 14.5. The van der Waals surface area contributed by atoms with E-state index in [1.54, 1.807) is 32.0 Å². The standard InChI is InChI=1S/C22H26FNO6S/c1-15(2)29-22(25)28-13-16-4-3-5-18(10-16)30-19-8-9-24(12-19)21-7-6-17(11-20(21)23)14-31(26)27/h3-7,10-11,15,19H,8-9,12-14H2,1-2H3,(H,26,27)/p-1/t19-/m0/s1. The average molecular weight is 451 g/mol. The Morgan fingerprint density at radius 1 is 1.26 bits per heavy atom. The summed E-state index contributed by atoms with van der Waals surface area (Å²) in [6.45, 7) is 4.69. The Balaban J connectivity index is 1.55. The first kappa shape index (κ1) is 23.0.